The fourth-order valence-corrected chi connectivity index (χ4v) is 4.21. The Kier molecular flexibility index (Phi) is 3.95. The van der Waals surface area contributed by atoms with Crippen molar-refractivity contribution in [2.24, 2.45) is 0 Å². The number of carbonyl (C=O) groups is 1. The molecule has 0 bridgehead atoms. The molecule has 1 fully saturated rings. The van der Waals surface area contributed by atoms with E-state index in [4.69, 9.17) is 0 Å². The lowest BCUT2D eigenvalue weighted by atomic mass is 10.2. The van der Waals surface area contributed by atoms with Crippen molar-refractivity contribution in [3.05, 3.63) is 19.9 Å². The van der Waals surface area contributed by atoms with Crippen LogP contribution in [-0.4, -0.2) is 35.4 Å². The first kappa shape index (κ1) is 11.7. The van der Waals surface area contributed by atoms with Crippen LogP contribution in [-0.2, 0) is 0 Å². The van der Waals surface area contributed by atoms with E-state index in [9.17, 15) is 4.79 Å². The molecule has 0 spiro atoms. The van der Waals surface area contributed by atoms with Gasteiger partial charge in [-0.2, -0.15) is 11.8 Å². The summed E-state index contributed by atoms with van der Waals surface area (Å²) in [6.45, 7) is 0. The first-order chi connectivity index (χ1) is 7.18. The Bertz CT molecular complexity index is 360. The molecule has 1 amide bonds. The van der Waals surface area contributed by atoms with Crippen LogP contribution >= 0.6 is 45.7 Å². The lowest BCUT2D eigenvalue weighted by Gasteiger charge is -2.23. The largest absolute Gasteiger partial charge is 0.338 e. The molecular weight excluding hydrogens is 341 g/mol. The highest BCUT2D eigenvalue weighted by molar-refractivity contribution is 14.1. The monoisotopic (exact) mass is 353 g/mol. The summed E-state index contributed by atoms with van der Waals surface area (Å²) in [4.78, 5) is 14.0. The molecule has 0 N–H and O–H groups in total. The second-order valence-corrected chi connectivity index (χ2v) is 7.53. The minimum absolute atomic E-state index is 0.168. The van der Waals surface area contributed by atoms with Gasteiger partial charge in [-0.1, -0.05) is 0 Å². The Morgan fingerprint density at radius 2 is 2.47 bits per heavy atom. The normalized spacial score (nSPS) is 20.5. The molecule has 15 heavy (non-hydrogen) atoms. The Balaban J connectivity index is 2.06. The van der Waals surface area contributed by atoms with Crippen molar-refractivity contribution < 1.29 is 4.79 Å². The maximum atomic E-state index is 12.1. The average Bonchev–Trinajstić information content (AvgIpc) is 2.85. The Morgan fingerprint density at radius 1 is 1.67 bits per heavy atom. The maximum absolute atomic E-state index is 12.1. The summed E-state index contributed by atoms with van der Waals surface area (Å²) in [5.74, 6) is 2.44. The predicted molar refractivity (Wildman–Crippen MR) is 74.9 cm³/mol. The van der Waals surface area contributed by atoms with Crippen LogP contribution in [0.15, 0.2) is 11.4 Å². The van der Waals surface area contributed by atoms with Gasteiger partial charge in [-0.05, 0) is 40.8 Å². The molecule has 0 saturated carbocycles. The number of thiophene rings is 1. The summed E-state index contributed by atoms with van der Waals surface area (Å²) in [6, 6.07) is 2.40. The molecule has 1 aliphatic rings. The number of halogens is 1. The number of nitrogens with zero attached hydrogens (tertiary/aromatic N) is 1. The number of rotatable bonds is 2. The fourth-order valence-electron chi connectivity index (χ4n) is 1.62. The van der Waals surface area contributed by atoms with E-state index in [0.29, 0.717) is 6.04 Å². The van der Waals surface area contributed by atoms with E-state index in [1.807, 2.05) is 35.2 Å². The van der Waals surface area contributed by atoms with Gasteiger partial charge in [0, 0.05) is 24.2 Å². The van der Waals surface area contributed by atoms with Gasteiger partial charge >= 0.3 is 0 Å². The molecule has 1 unspecified atom stereocenters. The first-order valence-corrected chi connectivity index (χ1v) is 7.88. The molecule has 0 aromatic carbocycles. The third-order valence-corrected chi connectivity index (χ3v) is 5.52. The smallest absolute Gasteiger partial charge is 0.254 e. The minimum atomic E-state index is 0.168. The van der Waals surface area contributed by atoms with E-state index in [-0.39, 0.29) is 5.91 Å². The van der Waals surface area contributed by atoms with Crippen LogP contribution in [0.1, 0.15) is 16.8 Å². The Labute approximate surface area is 112 Å². The van der Waals surface area contributed by atoms with Crippen molar-refractivity contribution in [2.75, 3.05) is 18.6 Å². The van der Waals surface area contributed by atoms with Gasteiger partial charge in [0.05, 0.1) is 8.45 Å². The fraction of sp³-hybridized carbons (Fsp3) is 0.500. The van der Waals surface area contributed by atoms with Crippen molar-refractivity contribution in [3.8, 4) is 0 Å². The third kappa shape index (κ3) is 2.68. The second-order valence-electron chi connectivity index (χ2n) is 3.57. The van der Waals surface area contributed by atoms with Crippen LogP contribution in [0.5, 0.6) is 0 Å². The highest BCUT2D eigenvalue weighted by Crippen LogP contribution is 2.24. The molecule has 5 heteroatoms. The van der Waals surface area contributed by atoms with E-state index in [0.717, 1.165) is 17.7 Å². The molecule has 0 radical (unpaired) electrons. The topological polar surface area (TPSA) is 20.3 Å². The maximum Gasteiger partial charge on any atom is 0.254 e. The summed E-state index contributed by atoms with van der Waals surface area (Å²) in [6.07, 6.45) is 1.13. The quantitative estimate of drug-likeness (QED) is 0.762. The van der Waals surface area contributed by atoms with E-state index < -0.39 is 0 Å². The van der Waals surface area contributed by atoms with Crippen LogP contribution < -0.4 is 0 Å². The number of hydrogen-bond donors (Lipinski definition) is 0. The van der Waals surface area contributed by atoms with Crippen LogP contribution in [0.2, 0.25) is 0 Å². The van der Waals surface area contributed by atoms with Crippen LogP contribution in [0, 0.1) is 2.88 Å². The van der Waals surface area contributed by atoms with Crippen molar-refractivity contribution in [1.29, 1.82) is 0 Å². The highest BCUT2D eigenvalue weighted by Gasteiger charge is 2.24. The molecule has 2 heterocycles. The minimum Gasteiger partial charge on any atom is -0.338 e. The van der Waals surface area contributed by atoms with E-state index in [1.165, 1.54) is 8.64 Å². The predicted octanol–water partition coefficient (Wildman–Crippen LogP) is 2.93. The molecule has 0 aliphatic carbocycles. The lowest BCUT2D eigenvalue weighted by Crippen LogP contribution is -2.36. The molecule has 1 saturated heterocycles. The standard InChI is InChI=1S/C10H12INOS2/c1-12(8-2-3-14-6-8)10(13)7-4-9(11)15-5-7/h4-5,8H,2-3,6H2,1H3. The molecule has 2 nitrogen and oxygen atoms in total. The number of carbonyl (C=O) groups excluding carboxylic acids is 1. The molecule has 2 rings (SSSR count). The van der Waals surface area contributed by atoms with Gasteiger partial charge in [-0.15, -0.1) is 11.3 Å². The molecule has 1 aromatic heterocycles. The summed E-state index contributed by atoms with van der Waals surface area (Å²) in [5, 5.41) is 1.95. The van der Waals surface area contributed by atoms with Gasteiger partial charge in [0.25, 0.3) is 5.91 Å². The summed E-state index contributed by atoms with van der Waals surface area (Å²) < 4.78 is 1.17. The summed E-state index contributed by atoms with van der Waals surface area (Å²) >= 11 is 5.81. The van der Waals surface area contributed by atoms with E-state index in [1.54, 1.807) is 11.3 Å². The van der Waals surface area contributed by atoms with E-state index >= 15 is 0 Å². The van der Waals surface area contributed by atoms with Gasteiger partial charge in [0.15, 0.2) is 0 Å². The molecular formula is C10H12INOS2. The lowest BCUT2D eigenvalue weighted by molar-refractivity contribution is 0.0748. The molecule has 1 aliphatic heterocycles. The van der Waals surface area contributed by atoms with Crippen molar-refractivity contribution >= 4 is 51.6 Å². The highest BCUT2D eigenvalue weighted by atomic mass is 127. The third-order valence-electron chi connectivity index (χ3n) is 2.59. The zero-order valence-corrected chi connectivity index (χ0v) is 12.2. The Hall–Kier alpha value is 0.250. The van der Waals surface area contributed by atoms with Gasteiger partial charge in [0.1, 0.15) is 0 Å². The van der Waals surface area contributed by atoms with Crippen LogP contribution in [0.4, 0.5) is 0 Å². The van der Waals surface area contributed by atoms with Crippen molar-refractivity contribution in [2.45, 2.75) is 12.5 Å². The van der Waals surface area contributed by atoms with E-state index in [2.05, 4.69) is 22.6 Å². The molecule has 82 valence electrons. The van der Waals surface area contributed by atoms with Gasteiger partial charge in [-0.3, -0.25) is 4.79 Å². The average molecular weight is 353 g/mol. The molecule has 1 atom stereocenters. The van der Waals surface area contributed by atoms with Gasteiger partial charge in [0.2, 0.25) is 0 Å². The van der Waals surface area contributed by atoms with Crippen LogP contribution in [0.25, 0.3) is 0 Å². The van der Waals surface area contributed by atoms with Crippen LogP contribution in [0.3, 0.4) is 0 Å². The number of hydrogen-bond acceptors (Lipinski definition) is 3. The van der Waals surface area contributed by atoms with Crippen molar-refractivity contribution in [3.63, 3.8) is 0 Å². The van der Waals surface area contributed by atoms with Crippen molar-refractivity contribution in [1.82, 2.24) is 4.90 Å². The number of amides is 1. The Morgan fingerprint density at radius 3 is 3.00 bits per heavy atom. The zero-order valence-electron chi connectivity index (χ0n) is 8.40. The second kappa shape index (κ2) is 5.05. The van der Waals surface area contributed by atoms with Gasteiger partial charge < -0.3 is 4.90 Å². The zero-order chi connectivity index (χ0) is 10.8. The molecule has 1 aromatic rings. The first-order valence-electron chi connectivity index (χ1n) is 4.77. The summed E-state index contributed by atoms with van der Waals surface area (Å²) in [5.41, 5.74) is 0.837. The number of thioether (sulfide) groups is 1. The summed E-state index contributed by atoms with van der Waals surface area (Å²) in [7, 11) is 1.92. The SMILES string of the molecule is CN(C(=O)c1csc(I)c1)C1CCSC1. The van der Waals surface area contributed by atoms with Gasteiger partial charge in [-0.25, -0.2) is 0 Å².